The van der Waals surface area contributed by atoms with Crippen molar-refractivity contribution in [2.45, 2.75) is 25.0 Å². The molecular formula is C20H25N7O2S. The van der Waals surface area contributed by atoms with Crippen molar-refractivity contribution < 1.29 is 9.53 Å². The fraction of sp³-hybridized carbons (Fsp3) is 0.400. The number of benzene rings is 1. The number of aryl methyl sites for hydroxylation is 1. The summed E-state index contributed by atoms with van der Waals surface area (Å²) in [7, 11) is 1.63. The molecule has 0 saturated carbocycles. The number of amides is 2. The van der Waals surface area contributed by atoms with E-state index < -0.39 is 0 Å². The number of aromatic nitrogens is 4. The Morgan fingerprint density at radius 1 is 1.27 bits per heavy atom. The Bertz CT molecular complexity index is 1070. The Hall–Kier alpha value is -3.01. The van der Waals surface area contributed by atoms with Gasteiger partial charge >= 0.3 is 6.03 Å². The van der Waals surface area contributed by atoms with Crippen molar-refractivity contribution in [1.29, 1.82) is 0 Å². The van der Waals surface area contributed by atoms with Crippen LogP contribution >= 0.6 is 11.8 Å². The van der Waals surface area contributed by atoms with Crippen LogP contribution in [0.4, 0.5) is 16.4 Å². The van der Waals surface area contributed by atoms with Gasteiger partial charge in [0.2, 0.25) is 5.95 Å². The summed E-state index contributed by atoms with van der Waals surface area (Å²) >= 11 is 1.50. The lowest BCUT2D eigenvalue weighted by atomic mass is 10.2. The van der Waals surface area contributed by atoms with E-state index in [1.165, 1.54) is 11.8 Å². The lowest BCUT2D eigenvalue weighted by molar-refractivity contribution is 0.199. The summed E-state index contributed by atoms with van der Waals surface area (Å²) in [4.78, 5) is 26.0. The number of methoxy groups -OCH3 is 1. The first-order chi connectivity index (χ1) is 14.5. The molecule has 0 bridgehead atoms. The second-order valence-corrected chi connectivity index (χ2v) is 7.98. The molecule has 2 amide bonds. The van der Waals surface area contributed by atoms with Crippen LogP contribution in [0.3, 0.4) is 0 Å². The van der Waals surface area contributed by atoms with E-state index in [0.717, 1.165) is 28.6 Å². The summed E-state index contributed by atoms with van der Waals surface area (Å²) in [6, 6.07) is 7.47. The zero-order valence-electron chi connectivity index (χ0n) is 17.5. The topological polar surface area (TPSA) is 87.9 Å². The maximum Gasteiger partial charge on any atom is 0.321 e. The summed E-state index contributed by atoms with van der Waals surface area (Å²) in [6.45, 7) is 5.88. The number of rotatable bonds is 4. The number of urea groups is 1. The van der Waals surface area contributed by atoms with E-state index in [-0.39, 0.29) is 12.1 Å². The van der Waals surface area contributed by atoms with Crippen molar-refractivity contribution in [2.24, 2.45) is 0 Å². The molecule has 10 heteroatoms. The highest BCUT2D eigenvalue weighted by Gasteiger charge is 2.29. The van der Waals surface area contributed by atoms with Gasteiger partial charge in [0.25, 0.3) is 0 Å². The Labute approximate surface area is 179 Å². The molecule has 2 aromatic heterocycles. The summed E-state index contributed by atoms with van der Waals surface area (Å²) in [6.07, 6.45) is 3.68. The van der Waals surface area contributed by atoms with Gasteiger partial charge in [-0.05, 0) is 43.9 Å². The molecule has 1 fully saturated rings. The second kappa shape index (κ2) is 8.39. The van der Waals surface area contributed by atoms with Gasteiger partial charge in [-0.25, -0.2) is 9.78 Å². The SMILES string of the molecule is COc1ccc(NC(=O)N2CCN(c3nc(SC)nc4ccnn34)[C@@H](C)C2)c(C)c1. The zero-order chi connectivity index (χ0) is 21.3. The summed E-state index contributed by atoms with van der Waals surface area (Å²) in [5, 5.41) is 8.10. The number of hydrogen-bond acceptors (Lipinski definition) is 7. The first-order valence-electron chi connectivity index (χ1n) is 9.73. The molecule has 1 N–H and O–H groups in total. The second-order valence-electron chi connectivity index (χ2n) is 7.21. The van der Waals surface area contributed by atoms with Gasteiger partial charge in [-0.1, -0.05) is 11.8 Å². The molecular weight excluding hydrogens is 402 g/mol. The molecule has 1 aromatic carbocycles. The highest BCUT2D eigenvalue weighted by Crippen LogP contribution is 2.24. The van der Waals surface area contributed by atoms with E-state index >= 15 is 0 Å². The van der Waals surface area contributed by atoms with Gasteiger partial charge in [0.05, 0.1) is 13.3 Å². The number of thioether (sulfide) groups is 1. The standard InChI is InChI=1S/C20H25N7O2S/c1-13-11-15(29-3)5-6-16(13)22-20(28)25-9-10-26(14(2)12-25)19-24-18(30-4)23-17-7-8-21-27(17)19/h5-8,11,14H,9-10,12H2,1-4H3,(H,22,28)/t14-/m0/s1. The third-order valence-electron chi connectivity index (χ3n) is 5.25. The maximum atomic E-state index is 12.9. The van der Waals surface area contributed by atoms with E-state index in [9.17, 15) is 4.79 Å². The molecule has 4 rings (SSSR count). The van der Waals surface area contributed by atoms with Crippen LogP contribution in [0.5, 0.6) is 5.75 Å². The van der Waals surface area contributed by atoms with Gasteiger partial charge in [-0.2, -0.15) is 14.6 Å². The normalized spacial score (nSPS) is 16.7. The lowest BCUT2D eigenvalue weighted by Crippen LogP contribution is -2.55. The first-order valence-corrected chi connectivity index (χ1v) is 11.0. The minimum atomic E-state index is -0.105. The summed E-state index contributed by atoms with van der Waals surface area (Å²) in [5.74, 6) is 1.53. The predicted molar refractivity (Wildman–Crippen MR) is 118 cm³/mol. The highest BCUT2D eigenvalue weighted by atomic mass is 32.2. The number of anilines is 2. The maximum absolute atomic E-state index is 12.9. The Kier molecular flexibility index (Phi) is 5.67. The van der Waals surface area contributed by atoms with E-state index in [1.54, 1.807) is 17.8 Å². The van der Waals surface area contributed by atoms with Crippen LogP contribution in [-0.4, -0.2) is 69.6 Å². The molecule has 1 saturated heterocycles. The predicted octanol–water partition coefficient (Wildman–Crippen LogP) is 2.91. The van der Waals surface area contributed by atoms with Crippen molar-refractivity contribution >= 4 is 35.1 Å². The van der Waals surface area contributed by atoms with Crippen LogP contribution in [-0.2, 0) is 0 Å². The van der Waals surface area contributed by atoms with Gasteiger partial charge in [0.15, 0.2) is 10.8 Å². The number of nitrogens with one attached hydrogen (secondary N) is 1. The molecule has 30 heavy (non-hydrogen) atoms. The molecule has 158 valence electrons. The van der Waals surface area contributed by atoms with Gasteiger partial charge < -0.3 is 19.9 Å². The monoisotopic (exact) mass is 427 g/mol. The Morgan fingerprint density at radius 2 is 2.10 bits per heavy atom. The van der Waals surface area contributed by atoms with Gasteiger partial charge in [-0.15, -0.1) is 0 Å². The van der Waals surface area contributed by atoms with Crippen LogP contribution in [0.25, 0.3) is 5.65 Å². The largest absolute Gasteiger partial charge is 0.497 e. The quantitative estimate of drug-likeness (QED) is 0.641. The fourth-order valence-electron chi connectivity index (χ4n) is 3.61. The van der Waals surface area contributed by atoms with Gasteiger partial charge in [0, 0.05) is 37.4 Å². The zero-order valence-corrected chi connectivity index (χ0v) is 18.3. The number of carbonyl (C=O) groups is 1. The Morgan fingerprint density at radius 3 is 2.80 bits per heavy atom. The van der Waals surface area contributed by atoms with Crippen LogP contribution in [0.15, 0.2) is 35.6 Å². The Balaban J connectivity index is 1.48. The molecule has 3 aromatic rings. The smallest absolute Gasteiger partial charge is 0.321 e. The number of carbonyl (C=O) groups excluding carboxylic acids is 1. The van der Waals surface area contributed by atoms with Crippen molar-refractivity contribution in [2.75, 3.05) is 43.2 Å². The van der Waals surface area contributed by atoms with Gasteiger partial charge in [-0.3, -0.25) is 0 Å². The number of ether oxygens (including phenoxy) is 1. The van der Waals surface area contributed by atoms with E-state index in [0.29, 0.717) is 24.8 Å². The lowest BCUT2D eigenvalue weighted by Gasteiger charge is -2.40. The number of nitrogens with zero attached hydrogens (tertiary/aromatic N) is 6. The molecule has 9 nitrogen and oxygen atoms in total. The molecule has 0 unspecified atom stereocenters. The molecule has 0 spiro atoms. The van der Waals surface area contributed by atoms with Crippen molar-refractivity contribution in [3.05, 3.63) is 36.0 Å². The summed E-state index contributed by atoms with van der Waals surface area (Å²) < 4.78 is 6.99. The minimum absolute atomic E-state index is 0.0819. The van der Waals surface area contributed by atoms with Crippen LogP contribution in [0, 0.1) is 6.92 Å². The molecule has 1 atom stereocenters. The molecule has 1 aliphatic rings. The number of fused-ring (bicyclic) bond motifs is 1. The highest BCUT2D eigenvalue weighted by molar-refractivity contribution is 7.98. The minimum Gasteiger partial charge on any atom is -0.497 e. The van der Waals surface area contributed by atoms with Gasteiger partial charge in [0.1, 0.15) is 5.75 Å². The molecule has 0 aliphatic carbocycles. The van der Waals surface area contributed by atoms with Crippen LogP contribution < -0.4 is 15.0 Å². The van der Waals surface area contributed by atoms with E-state index in [4.69, 9.17) is 4.74 Å². The molecule has 1 aliphatic heterocycles. The van der Waals surface area contributed by atoms with Crippen molar-refractivity contribution in [1.82, 2.24) is 24.5 Å². The fourth-order valence-corrected chi connectivity index (χ4v) is 3.96. The van der Waals surface area contributed by atoms with Crippen molar-refractivity contribution in [3.63, 3.8) is 0 Å². The molecule has 0 radical (unpaired) electrons. The van der Waals surface area contributed by atoms with Crippen LogP contribution in [0.2, 0.25) is 0 Å². The van der Waals surface area contributed by atoms with E-state index in [2.05, 4.69) is 32.2 Å². The van der Waals surface area contributed by atoms with E-state index in [1.807, 2.05) is 42.3 Å². The van der Waals surface area contributed by atoms with Crippen molar-refractivity contribution in [3.8, 4) is 5.75 Å². The number of hydrogen-bond donors (Lipinski definition) is 1. The first kappa shape index (κ1) is 20.3. The average Bonchev–Trinajstić information content (AvgIpc) is 3.23. The third kappa shape index (κ3) is 3.87. The number of piperazine rings is 1. The summed E-state index contributed by atoms with van der Waals surface area (Å²) in [5.41, 5.74) is 2.52. The van der Waals surface area contributed by atoms with Crippen LogP contribution in [0.1, 0.15) is 12.5 Å². The average molecular weight is 428 g/mol. The third-order valence-corrected chi connectivity index (χ3v) is 5.80. The molecule has 3 heterocycles.